The molecular weight excluding hydrogens is 969 g/mol. The lowest BCUT2D eigenvalue weighted by molar-refractivity contribution is 0.668. The van der Waals surface area contributed by atoms with Crippen molar-refractivity contribution in [1.29, 1.82) is 5.26 Å². The first-order valence-corrected chi connectivity index (χ1v) is 26.8. The molecule has 6 heterocycles. The maximum atomic E-state index is 12.6. The third-order valence-corrected chi connectivity index (χ3v) is 18.2. The van der Waals surface area contributed by atoms with E-state index in [4.69, 9.17) is 13.7 Å². The van der Waals surface area contributed by atoms with Gasteiger partial charge in [-0.25, -0.2) is 4.85 Å². The summed E-state index contributed by atoms with van der Waals surface area (Å²) in [4.78, 5) is 4.78. The third-order valence-electron chi connectivity index (χ3n) is 15.8. The Kier molecular flexibility index (Phi) is 8.36. The van der Waals surface area contributed by atoms with E-state index in [1.165, 1.54) is 20.2 Å². The first-order valence-electron chi connectivity index (χ1n) is 25.2. The van der Waals surface area contributed by atoms with Crippen LogP contribution in [0.5, 0.6) is 0 Å². The second-order valence-corrected chi connectivity index (χ2v) is 21.6. The molecule has 0 spiro atoms. The largest absolute Gasteiger partial charge is 0.456 e. The van der Waals surface area contributed by atoms with Gasteiger partial charge >= 0.3 is 0 Å². The van der Waals surface area contributed by atoms with Crippen molar-refractivity contribution in [1.82, 2.24) is 9.13 Å². The van der Waals surface area contributed by atoms with Gasteiger partial charge in [-0.05, 0) is 59.7 Å². The van der Waals surface area contributed by atoms with Crippen LogP contribution < -0.4 is 0 Å². The molecule has 76 heavy (non-hydrogen) atoms. The lowest BCUT2D eigenvalue weighted by Crippen LogP contribution is -2.09. The molecule has 0 amide bonds. The monoisotopic (exact) mass is 1000 g/mol. The van der Waals surface area contributed by atoms with Gasteiger partial charge in [-0.1, -0.05) is 158 Å². The maximum Gasteiger partial charge on any atom is 0.220 e. The Morgan fingerprint density at radius 2 is 0.816 bits per heavy atom. The van der Waals surface area contributed by atoms with Crippen molar-refractivity contribution in [2.45, 2.75) is 0 Å². The van der Waals surface area contributed by atoms with E-state index in [0.29, 0.717) is 39.4 Å². The van der Waals surface area contributed by atoms with E-state index in [9.17, 15) is 11.8 Å². The van der Waals surface area contributed by atoms with E-state index >= 15 is 0 Å². The van der Waals surface area contributed by atoms with Crippen LogP contribution >= 0.6 is 22.7 Å². The Bertz CT molecular complexity index is 5300. The van der Waals surface area contributed by atoms with Crippen LogP contribution in [0.2, 0.25) is 0 Å². The van der Waals surface area contributed by atoms with Crippen molar-refractivity contribution in [2.24, 2.45) is 0 Å². The van der Waals surface area contributed by atoms with Crippen LogP contribution in [0, 0.1) is 17.9 Å². The average Bonchev–Trinajstić information content (AvgIpc) is 4.51. The highest BCUT2D eigenvalue weighted by molar-refractivity contribution is 7.27. The van der Waals surface area contributed by atoms with Crippen LogP contribution in [0.25, 0.3) is 166 Å². The van der Waals surface area contributed by atoms with Gasteiger partial charge in [-0.15, -0.1) is 22.7 Å². The highest BCUT2D eigenvalue weighted by atomic mass is 32.1. The molecule has 8 heteroatoms. The van der Waals surface area contributed by atoms with Crippen LogP contribution in [-0.2, 0) is 0 Å². The topological polar surface area (TPSA) is 64.3 Å². The molecule has 0 aliphatic carbocycles. The van der Waals surface area contributed by atoms with Gasteiger partial charge in [0.2, 0.25) is 5.69 Å². The number of nitrogens with zero attached hydrogens (tertiary/aromatic N) is 4. The van der Waals surface area contributed by atoms with Gasteiger partial charge in [0, 0.05) is 85.2 Å². The SMILES string of the molecule is [C-]#[N+]c1c(-c2cccc3oc4ccccc4c23)c(C#N)c(-n2c3ccccc3c3ccc4c5ccccc5sc4c32)c(-c2cccc3oc4ccccc4c23)c1-n1c2ccccc2c2ccc3c4ccccc4sc3c21. The van der Waals surface area contributed by atoms with Gasteiger partial charge in [0.05, 0.1) is 55.0 Å². The summed E-state index contributed by atoms with van der Waals surface area (Å²) in [7, 11) is 0. The number of hydrogen-bond acceptors (Lipinski definition) is 5. The van der Waals surface area contributed by atoms with E-state index in [0.717, 1.165) is 113 Å². The molecule has 6 aromatic heterocycles. The van der Waals surface area contributed by atoms with Crippen LogP contribution in [0.4, 0.5) is 5.69 Å². The number of aromatic nitrogens is 2. The molecule has 0 aliphatic rings. The smallest absolute Gasteiger partial charge is 0.220 e. The summed E-state index contributed by atoms with van der Waals surface area (Å²) in [5, 5.41) is 25.1. The summed E-state index contributed by atoms with van der Waals surface area (Å²) < 4.78 is 22.8. The lowest BCUT2D eigenvalue weighted by Gasteiger charge is -2.26. The molecule has 11 aromatic carbocycles. The minimum absolute atomic E-state index is 0.353. The first-order chi connectivity index (χ1) is 37.7. The molecule has 6 nitrogen and oxygen atoms in total. The molecule has 0 N–H and O–H groups in total. The molecule has 0 atom stereocenters. The Hall–Kier alpha value is -9.96. The van der Waals surface area contributed by atoms with Gasteiger partial charge < -0.3 is 18.0 Å². The molecule has 17 rings (SSSR count). The highest BCUT2D eigenvalue weighted by Crippen LogP contribution is 2.57. The normalized spacial score (nSPS) is 12.2. The zero-order valence-electron chi connectivity index (χ0n) is 40.1. The number of furan rings is 2. The molecular formula is C68H34N4O2S2. The fourth-order valence-corrected chi connectivity index (χ4v) is 15.3. The molecule has 0 radical (unpaired) electrons. The Labute approximate surface area is 439 Å². The van der Waals surface area contributed by atoms with Crippen LogP contribution in [0.1, 0.15) is 5.56 Å². The summed E-state index contributed by atoms with van der Waals surface area (Å²) in [5.41, 5.74) is 11.7. The Morgan fingerprint density at radius 1 is 0.395 bits per heavy atom. The van der Waals surface area contributed by atoms with Gasteiger partial charge in [0.1, 0.15) is 28.4 Å². The number of para-hydroxylation sites is 4. The van der Waals surface area contributed by atoms with Gasteiger partial charge in [0.15, 0.2) is 0 Å². The molecule has 0 aliphatic heterocycles. The van der Waals surface area contributed by atoms with E-state index in [1.54, 1.807) is 22.7 Å². The van der Waals surface area contributed by atoms with Crippen molar-refractivity contribution in [2.75, 3.05) is 0 Å². The van der Waals surface area contributed by atoms with Crippen LogP contribution in [-0.4, -0.2) is 9.13 Å². The van der Waals surface area contributed by atoms with Crippen molar-refractivity contribution in [3.63, 3.8) is 0 Å². The van der Waals surface area contributed by atoms with Crippen molar-refractivity contribution < 1.29 is 8.83 Å². The summed E-state index contributed by atoms with van der Waals surface area (Å²) in [6, 6.07) is 74.8. The Morgan fingerprint density at radius 3 is 1.33 bits per heavy atom. The molecule has 0 fully saturated rings. The zero-order chi connectivity index (χ0) is 49.9. The van der Waals surface area contributed by atoms with Gasteiger partial charge in [-0.3, -0.25) is 0 Å². The maximum absolute atomic E-state index is 12.6. The predicted octanol–water partition coefficient (Wildman–Crippen LogP) is 20.2. The van der Waals surface area contributed by atoms with Crippen LogP contribution in [0.3, 0.4) is 0 Å². The van der Waals surface area contributed by atoms with Gasteiger partial charge in [0.25, 0.3) is 0 Å². The molecule has 0 bridgehead atoms. The van der Waals surface area contributed by atoms with E-state index in [-0.39, 0.29) is 0 Å². The summed E-state index contributed by atoms with van der Waals surface area (Å²) in [6.45, 7) is 9.81. The standard InChI is InChI=1S/C68H34N4O2S2/c1-70-62-60(47-22-14-28-54-58(47)45-20-4-10-26-52(45)73-54)49(36-69)63(71-50-24-8-2-16-37(50)41-32-34-43-39-18-6-12-30-56(39)75-67(43)64(41)71)61(48-23-15-29-55-59(48)46-21-5-11-27-53(46)74-55)66(62)72-51-25-9-3-17-38(51)42-33-35-44-40-19-7-13-31-57(40)76-68(44)65(42)72/h2-35H. The highest BCUT2D eigenvalue weighted by Gasteiger charge is 2.35. The lowest BCUT2D eigenvalue weighted by atomic mass is 9.86. The third kappa shape index (κ3) is 5.35. The van der Waals surface area contributed by atoms with E-state index < -0.39 is 0 Å². The number of thiophene rings is 2. The number of hydrogen-bond donors (Lipinski definition) is 0. The summed E-state index contributed by atoms with van der Waals surface area (Å²) in [5.74, 6) is 0. The van der Waals surface area contributed by atoms with Crippen molar-refractivity contribution >= 4 is 156 Å². The molecule has 17 aromatic rings. The fraction of sp³-hybridized carbons (Fsp3) is 0. The second-order valence-electron chi connectivity index (χ2n) is 19.5. The molecule has 350 valence electrons. The fourth-order valence-electron chi connectivity index (χ4n) is 12.8. The predicted molar refractivity (Wildman–Crippen MR) is 317 cm³/mol. The van der Waals surface area contributed by atoms with Crippen molar-refractivity contribution in [3.05, 3.63) is 223 Å². The molecule has 0 saturated carbocycles. The average molecular weight is 1000 g/mol. The zero-order valence-corrected chi connectivity index (χ0v) is 41.7. The van der Waals surface area contributed by atoms with Crippen molar-refractivity contribution in [3.8, 4) is 39.7 Å². The second kappa shape index (κ2) is 15.3. The Balaban J connectivity index is 1.21. The number of fused-ring (bicyclic) bond motifs is 20. The van der Waals surface area contributed by atoms with E-state index in [1.807, 2.05) is 48.5 Å². The first kappa shape index (κ1) is 41.5. The summed E-state index contributed by atoms with van der Waals surface area (Å²) in [6.07, 6.45) is 0. The minimum atomic E-state index is 0.353. The quantitative estimate of drug-likeness (QED) is 0.165. The molecule has 0 saturated heterocycles. The van der Waals surface area contributed by atoms with Crippen LogP contribution in [0.15, 0.2) is 215 Å². The number of rotatable bonds is 4. The minimum Gasteiger partial charge on any atom is -0.456 e. The van der Waals surface area contributed by atoms with Gasteiger partial charge in [-0.2, -0.15) is 5.26 Å². The van der Waals surface area contributed by atoms with E-state index in [2.05, 4.69) is 173 Å². The molecule has 0 unspecified atom stereocenters. The number of benzene rings is 11. The number of nitriles is 1. The summed E-state index contributed by atoms with van der Waals surface area (Å²) >= 11 is 3.55.